The summed E-state index contributed by atoms with van der Waals surface area (Å²) >= 11 is 6.03. The third-order valence-electron chi connectivity index (χ3n) is 2.60. The second-order valence-electron chi connectivity index (χ2n) is 4.92. The van der Waals surface area contributed by atoms with Crippen LogP contribution in [-0.2, 0) is 19.7 Å². The van der Waals surface area contributed by atoms with Gasteiger partial charge in [0.25, 0.3) is 10.1 Å². The molecule has 1 aromatic rings. The Bertz CT molecular complexity index is 746. The molecule has 0 aliphatic heterocycles. The van der Waals surface area contributed by atoms with E-state index in [4.69, 9.17) is 14.0 Å². The summed E-state index contributed by atoms with van der Waals surface area (Å²) in [6, 6.07) is 3.41. The highest BCUT2D eigenvalue weighted by atomic mass is 79.9. The highest BCUT2D eigenvalue weighted by molar-refractivity contribution is 9.10. The lowest BCUT2D eigenvalue weighted by Crippen LogP contribution is -2.20. The second-order valence-corrected chi connectivity index (χ2v) is 9.12. The van der Waals surface area contributed by atoms with E-state index >= 15 is 0 Å². The van der Waals surface area contributed by atoms with Crippen molar-refractivity contribution in [3.8, 4) is 11.5 Å². The Kier molecular flexibility index (Phi) is 7.72. The number of Topliss-reactive ketones (excluding diaryl/α,β-unsaturated/α-hetero) is 1. The molecule has 1 rings (SSSR count). The SMILES string of the molecule is CC(Br)C(=O)Oc1cc(OC(=O)C(C)Br)cc(C(=O)CS(=O)(=O)O)c1. The highest BCUT2D eigenvalue weighted by Gasteiger charge is 2.20. The van der Waals surface area contributed by atoms with E-state index in [0.29, 0.717) is 0 Å². The predicted molar refractivity (Wildman–Crippen MR) is 95.2 cm³/mol. The average Bonchev–Trinajstić information content (AvgIpc) is 2.44. The largest absolute Gasteiger partial charge is 0.426 e. The summed E-state index contributed by atoms with van der Waals surface area (Å²) in [6.07, 6.45) is 0. The molecule has 2 atom stereocenters. The van der Waals surface area contributed by atoms with Crippen LogP contribution in [0.15, 0.2) is 18.2 Å². The van der Waals surface area contributed by atoms with Crippen molar-refractivity contribution >= 4 is 59.7 Å². The summed E-state index contributed by atoms with van der Waals surface area (Å²) in [5, 5.41) is 0. The maximum absolute atomic E-state index is 12.0. The average molecular weight is 502 g/mol. The predicted octanol–water partition coefficient (Wildman–Crippen LogP) is 2.13. The summed E-state index contributed by atoms with van der Waals surface area (Å²) < 4.78 is 40.6. The van der Waals surface area contributed by atoms with Crippen LogP contribution in [-0.4, -0.2) is 46.1 Å². The van der Waals surface area contributed by atoms with Gasteiger partial charge in [-0.1, -0.05) is 31.9 Å². The first-order chi connectivity index (χ1) is 11.4. The minimum Gasteiger partial charge on any atom is -0.426 e. The van der Waals surface area contributed by atoms with Crippen molar-refractivity contribution in [3.05, 3.63) is 23.8 Å². The van der Waals surface area contributed by atoms with E-state index in [0.717, 1.165) is 12.1 Å². The number of ether oxygens (including phenoxy) is 2. The van der Waals surface area contributed by atoms with Crippen molar-refractivity contribution in [2.75, 3.05) is 5.75 Å². The Balaban J connectivity index is 3.24. The van der Waals surface area contributed by atoms with Gasteiger partial charge >= 0.3 is 11.9 Å². The van der Waals surface area contributed by atoms with Crippen LogP contribution in [0.3, 0.4) is 0 Å². The van der Waals surface area contributed by atoms with Gasteiger partial charge in [-0.2, -0.15) is 8.42 Å². The molecule has 0 aliphatic rings. The molecule has 0 saturated heterocycles. The van der Waals surface area contributed by atoms with Crippen LogP contribution >= 0.6 is 31.9 Å². The standard InChI is InChI=1S/C14H14Br2O8S/c1-7(15)13(18)23-10-3-9(12(17)6-25(20,21)22)4-11(5-10)24-14(19)8(2)16/h3-5,7-8H,6H2,1-2H3,(H,20,21,22). The molecule has 0 bridgehead atoms. The Morgan fingerprint density at radius 2 is 1.40 bits per heavy atom. The number of halogens is 2. The molecule has 1 aromatic carbocycles. The molecule has 0 saturated carbocycles. The quantitative estimate of drug-likeness (QED) is 0.198. The van der Waals surface area contributed by atoms with E-state index in [2.05, 4.69) is 31.9 Å². The number of ketones is 1. The van der Waals surface area contributed by atoms with Crippen molar-refractivity contribution in [2.45, 2.75) is 23.5 Å². The lowest BCUT2D eigenvalue weighted by atomic mass is 10.1. The molecule has 1 N–H and O–H groups in total. The summed E-state index contributed by atoms with van der Waals surface area (Å²) in [5.74, 6) is -3.72. The van der Waals surface area contributed by atoms with E-state index in [9.17, 15) is 22.8 Å². The van der Waals surface area contributed by atoms with Crippen LogP contribution in [0.2, 0.25) is 0 Å². The topological polar surface area (TPSA) is 124 Å². The van der Waals surface area contributed by atoms with Gasteiger partial charge in [0, 0.05) is 11.6 Å². The van der Waals surface area contributed by atoms with Gasteiger partial charge in [0.05, 0.1) is 0 Å². The number of hydrogen-bond donors (Lipinski definition) is 1. The summed E-state index contributed by atoms with van der Waals surface area (Å²) in [7, 11) is -4.55. The van der Waals surface area contributed by atoms with Crippen molar-refractivity contribution in [3.63, 3.8) is 0 Å². The Hall–Kier alpha value is -1.30. The number of hydrogen-bond acceptors (Lipinski definition) is 7. The van der Waals surface area contributed by atoms with Crippen LogP contribution in [0.25, 0.3) is 0 Å². The maximum Gasteiger partial charge on any atom is 0.324 e. The summed E-state index contributed by atoms with van der Waals surface area (Å²) in [5.41, 5.74) is -0.213. The molecule has 0 spiro atoms. The molecule has 2 unspecified atom stereocenters. The first-order valence-corrected chi connectivity index (χ1v) is 10.2. The van der Waals surface area contributed by atoms with Gasteiger partial charge in [0.15, 0.2) is 5.78 Å². The Labute approximate surface area is 160 Å². The summed E-state index contributed by atoms with van der Waals surface area (Å²) in [6.45, 7) is 3.03. The smallest absolute Gasteiger partial charge is 0.324 e. The highest BCUT2D eigenvalue weighted by Crippen LogP contribution is 2.25. The molecule has 25 heavy (non-hydrogen) atoms. The Morgan fingerprint density at radius 1 is 1.00 bits per heavy atom. The monoisotopic (exact) mass is 500 g/mol. The van der Waals surface area contributed by atoms with Gasteiger partial charge in [-0.3, -0.25) is 18.9 Å². The van der Waals surface area contributed by atoms with E-state index in [-0.39, 0.29) is 17.1 Å². The number of carbonyl (C=O) groups excluding carboxylic acids is 3. The number of esters is 2. The van der Waals surface area contributed by atoms with Gasteiger partial charge in [-0.25, -0.2) is 0 Å². The number of alkyl halides is 2. The molecule has 138 valence electrons. The first kappa shape index (κ1) is 21.7. The van der Waals surface area contributed by atoms with E-state index in [1.54, 1.807) is 0 Å². The zero-order valence-corrected chi connectivity index (χ0v) is 17.1. The normalized spacial score (nSPS) is 13.6. The lowest BCUT2D eigenvalue weighted by molar-refractivity contribution is -0.133. The molecule has 0 fully saturated rings. The number of benzene rings is 1. The fraction of sp³-hybridized carbons (Fsp3) is 0.357. The zero-order valence-electron chi connectivity index (χ0n) is 13.1. The van der Waals surface area contributed by atoms with Gasteiger partial charge in [-0.05, 0) is 26.0 Å². The fourth-order valence-electron chi connectivity index (χ4n) is 1.49. The Morgan fingerprint density at radius 3 is 1.72 bits per heavy atom. The second kappa shape index (κ2) is 8.88. The fourth-order valence-corrected chi connectivity index (χ4v) is 2.18. The van der Waals surface area contributed by atoms with Crippen LogP contribution in [0.1, 0.15) is 24.2 Å². The van der Waals surface area contributed by atoms with Crippen molar-refractivity contribution in [2.24, 2.45) is 0 Å². The van der Waals surface area contributed by atoms with Crippen LogP contribution in [0.4, 0.5) is 0 Å². The molecule has 0 aliphatic carbocycles. The van der Waals surface area contributed by atoms with Crippen LogP contribution in [0, 0.1) is 0 Å². The van der Waals surface area contributed by atoms with Gasteiger partial charge in [-0.15, -0.1) is 0 Å². The first-order valence-electron chi connectivity index (χ1n) is 6.74. The van der Waals surface area contributed by atoms with E-state index < -0.39 is 43.2 Å². The van der Waals surface area contributed by atoms with Crippen molar-refractivity contribution < 1.29 is 36.8 Å². The van der Waals surface area contributed by atoms with Gasteiger partial charge in [0.1, 0.15) is 26.9 Å². The molecule has 11 heteroatoms. The van der Waals surface area contributed by atoms with Crippen molar-refractivity contribution in [1.29, 1.82) is 0 Å². The molecule has 8 nitrogen and oxygen atoms in total. The van der Waals surface area contributed by atoms with Gasteiger partial charge < -0.3 is 9.47 Å². The molecule has 0 radical (unpaired) electrons. The molecule has 0 heterocycles. The van der Waals surface area contributed by atoms with Crippen LogP contribution < -0.4 is 9.47 Å². The van der Waals surface area contributed by atoms with Gasteiger partial charge in [0.2, 0.25) is 0 Å². The summed E-state index contributed by atoms with van der Waals surface area (Å²) in [4.78, 5) is 34.0. The lowest BCUT2D eigenvalue weighted by Gasteiger charge is -2.11. The van der Waals surface area contributed by atoms with E-state index in [1.165, 1.54) is 19.9 Å². The van der Waals surface area contributed by atoms with E-state index in [1.807, 2.05) is 0 Å². The maximum atomic E-state index is 12.0. The number of carbonyl (C=O) groups is 3. The third kappa shape index (κ3) is 7.63. The molecule has 0 amide bonds. The third-order valence-corrected chi connectivity index (χ3v) is 3.98. The minimum absolute atomic E-state index is 0.123. The molecule has 0 aromatic heterocycles. The van der Waals surface area contributed by atoms with Crippen molar-refractivity contribution in [1.82, 2.24) is 0 Å². The molecular formula is C14H14Br2O8S. The van der Waals surface area contributed by atoms with Crippen LogP contribution in [0.5, 0.6) is 11.5 Å². The zero-order chi connectivity index (χ0) is 19.4. The number of rotatable bonds is 7. The molecular weight excluding hydrogens is 488 g/mol. The minimum atomic E-state index is -4.55.